The lowest BCUT2D eigenvalue weighted by molar-refractivity contribution is 0.0707. The van der Waals surface area contributed by atoms with Crippen molar-refractivity contribution in [2.45, 2.75) is 42.9 Å². The van der Waals surface area contributed by atoms with Crippen LogP contribution >= 0.6 is 0 Å². The first kappa shape index (κ1) is 17.0. The fourth-order valence-corrected chi connectivity index (χ4v) is 3.67. The molecule has 22 heavy (non-hydrogen) atoms. The molecule has 1 aliphatic heterocycles. The molecule has 0 aliphatic carbocycles. The number of hydrogen-bond donors (Lipinski definition) is 1. The number of rotatable bonds is 4. The van der Waals surface area contributed by atoms with Crippen molar-refractivity contribution in [3.63, 3.8) is 0 Å². The fraction of sp³-hybridized carbons (Fsp3) is 0.562. The SMILES string of the molecule is CNC1CCN(C(=O)c2ccc(S(=O)(=O)C(C)C)cc2)CC1. The number of carbonyl (C=O) groups is 1. The molecule has 0 radical (unpaired) electrons. The molecule has 1 aliphatic rings. The first-order chi connectivity index (χ1) is 10.4. The van der Waals surface area contributed by atoms with E-state index < -0.39 is 15.1 Å². The van der Waals surface area contributed by atoms with Crippen molar-refractivity contribution in [2.24, 2.45) is 0 Å². The molecule has 0 unspecified atom stereocenters. The third-order valence-electron chi connectivity index (χ3n) is 4.24. The van der Waals surface area contributed by atoms with Crippen LogP contribution in [-0.2, 0) is 9.84 Å². The zero-order chi connectivity index (χ0) is 16.3. The Balaban J connectivity index is 2.09. The van der Waals surface area contributed by atoms with E-state index in [2.05, 4.69) is 5.32 Å². The summed E-state index contributed by atoms with van der Waals surface area (Å²) in [4.78, 5) is 14.6. The number of nitrogens with one attached hydrogen (secondary N) is 1. The predicted octanol–water partition coefficient (Wildman–Crippen LogP) is 1.69. The number of likely N-dealkylation sites (tertiary alicyclic amines) is 1. The van der Waals surface area contributed by atoms with Crippen molar-refractivity contribution >= 4 is 15.7 Å². The summed E-state index contributed by atoms with van der Waals surface area (Å²) in [6.07, 6.45) is 1.89. The molecule has 6 heteroatoms. The van der Waals surface area contributed by atoms with Gasteiger partial charge in [0.25, 0.3) is 5.91 Å². The molecule has 0 atom stereocenters. The van der Waals surface area contributed by atoms with E-state index in [9.17, 15) is 13.2 Å². The summed E-state index contributed by atoms with van der Waals surface area (Å²) in [6.45, 7) is 4.77. The molecule has 0 bridgehead atoms. The lowest BCUT2D eigenvalue weighted by Crippen LogP contribution is -2.43. The summed E-state index contributed by atoms with van der Waals surface area (Å²) in [7, 11) is -1.35. The van der Waals surface area contributed by atoms with Gasteiger partial charge in [-0.1, -0.05) is 0 Å². The van der Waals surface area contributed by atoms with Crippen molar-refractivity contribution in [3.05, 3.63) is 29.8 Å². The summed E-state index contributed by atoms with van der Waals surface area (Å²) in [5, 5.41) is 2.77. The standard InChI is InChI=1S/C16H24N2O3S/c1-12(2)22(20,21)15-6-4-13(5-7-15)16(19)18-10-8-14(17-3)9-11-18/h4-7,12,14,17H,8-11H2,1-3H3. The van der Waals surface area contributed by atoms with E-state index in [4.69, 9.17) is 0 Å². The fourth-order valence-electron chi connectivity index (χ4n) is 2.61. The van der Waals surface area contributed by atoms with Crippen LogP contribution in [0.1, 0.15) is 37.0 Å². The highest BCUT2D eigenvalue weighted by Crippen LogP contribution is 2.18. The van der Waals surface area contributed by atoms with Gasteiger partial charge in [0, 0.05) is 24.7 Å². The van der Waals surface area contributed by atoms with Gasteiger partial charge in [-0.2, -0.15) is 0 Å². The van der Waals surface area contributed by atoms with Crippen LogP contribution in [0.2, 0.25) is 0 Å². The molecule has 1 amide bonds. The molecule has 0 saturated carbocycles. The van der Waals surface area contributed by atoms with E-state index in [1.807, 2.05) is 11.9 Å². The number of amides is 1. The Kier molecular flexibility index (Phi) is 5.24. The monoisotopic (exact) mass is 324 g/mol. The molecule has 1 saturated heterocycles. The summed E-state index contributed by atoms with van der Waals surface area (Å²) in [5.41, 5.74) is 0.547. The molecule has 122 valence electrons. The quantitative estimate of drug-likeness (QED) is 0.915. The predicted molar refractivity (Wildman–Crippen MR) is 86.7 cm³/mol. The molecule has 0 spiro atoms. The first-order valence-electron chi connectivity index (χ1n) is 7.66. The van der Waals surface area contributed by atoms with E-state index >= 15 is 0 Å². The van der Waals surface area contributed by atoms with E-state index in [0.29, 0.717) is 11.6 Å². The average molecular weight is 324 g/mol. The van der Waals surface area contributed by atoms with Crippen LogP contribution in [0.25, 0.3) is 0 Å². The third-order valence-corrected chi connectivity index (χ3v) is 6.41. The number of piperidine rings is 1. The lowest BCUT2D eigenvalue weighted by atomic mass is 10.0. The summed E-state index contributed by atoms with van der Waals surface area (Å²) in [6, 6.07) is 6.76. The number of nitrogens with zero attached hydrogens (tertiary/aromatic N) is 1. The van der Waals surface area contributed by atoms with E-state index in [-0.39, 0.29) is 10.8 Å². The van der Waals surface area contributed by atoms with Crippen LogP contribution in [0, 0.1) is 0 Å². The van der Waals surface area contributed by atoms with Crippen molar-refractivity contribution in [3.8, 4) is 0 Å². The van der Waals surface area contributed by atoms with Gasteiger partial charge in [-0.25, -0.2) is 8.42 Å². The second-order valence-electron chi connectivity index (χ2n) is 5.97. The van der Waals surface area contributed by atoms with Gasteiger partial charge >= 0.3 is 0 Å². The van der Waals surface area contributed by atoms with E-state index in [1.165, 1.54) is 12.1 Å². The highest BCUT2D eigenvalue weighted by molar-refractivity contribution is 7.92. The number of benzene rings is 1. The molecular formula is C16H24N2O3S. The summed E-state index contributed by atoms with van der Waals surface area (Å²) >= 11 is 0. The van der Waals surface area contributed by atoms with Gasteiger partial charge in [-0.3, -0.25) is 4.79 Å². The highest BCUT2D eigenvalue weighted by atomic mass is 32.2. The van der Waals surface area contributed by atoms with Gasteiger partial charge in [0.2, 0.25) is 0 Å². The van der Waals surface area contributed by atoms with Crippen molar-refractivity contribution in [1.29, 1.82) is 0 Å². The smallest absolute Gasteiger partial charge is 0.253 e. The largest absolute Gasteiger partial charge is 0.339 e. The summed E-state index contributed by atoms with van der Waals surface area (Å²) in [5.74, 6) is -0.0250. The molecule has 1 aromatic carbocycles. The molecule has 1 fully saturated rings. The summed E-state index contributed by atoms with van der Waals surface area (Å²) < 4.78 is 24.2. The van der Waals surface area contributed by atoms with E-state index in [1.54, 1.807) is 26.0 Å². The Morgan fingerprint density at radius 1 is 1.18 bits per heavy atom. The zero-order valence-electron chi connectivity index (χ0n) is 13.4. The van der Waals surface area contributed by atoms with Gasteiger partial charge in [0.1, 0.15) is 0 Å². The molecule has 2 rings (SSSR count). The van der Waals surface area contributed by atoms with Gasteiger partial charge in [-0.05, 0) is 58.0 Å². The van der Waals surface area contributed by atoms with Crippen LogP contribution < -0.4 is 5.32 Å². The Bertz CT molecular complexity index is 615. The number of carbonyl (C=O) groups excluding carboxylic acids is 1. The second-order valence-corrected chi connectivity index (χ2v) is 8.48. The molecule has 1 heterocycles. The van der Waals surface area contributed by atoms with Crippen molar-refractivity contribution < 1.29 is 13.2 Å². The molecule has 0 aromatic heterocycles. The van der Waals surface area contributed by atoms with Crippen molar-refractivity contribution in [1.82, 2.24) is 10.2 Å². The van der Waals surface area contributed by atoms with Crippen LogP contribution in [0.5, 0.6) is 0 Å². The lowest BCUT2D eigenvalue weighted by Gasteiger charge is -2.31. The Morgan fingerprint density at radius 3 is 2.18 bits per heavy atom. The zero-order valence-corrected chi connectivity index (χ0v) is 14.2. The first-order valence-corrected chi connectivity index (χ1v) is 9.21. The topological polar surface area (TPSA) is 66.5 Å². The van der Waals surface area contributed by atoms with Crippen LogP contribution in [-0.4, -0.2) is 50.7 Å². The third kappa shape index (κ3) is 3.50. The average Bonchev–Trinajstić information content (AvgIpc) is 2.54. The van der Waals surface area contributed by atoms with Gasteiger partial charge < -0.3 is 10.2 Å². The van der Waals surface area contributed by atoms with Crippen LogP contribution in [0.15, 0.2) is 29.2 Å². The molecule has 1 aromatic rings. The molecular weight excluding hydrogens is 300 g/mol. The Hall–Kier alpha value is -1.40. The van der Waals surface area contributed by atoms with Gasteiger partial charge in [-0.15, -0.1) is 0 Å². The molecule has 1 N–H and O–H groups in total. The van der Waals surface area contributed by atoms with Crippen LogP contribution in [0.4, 0.5) is 0 Å². The number of hydrogen-bond acceptors (Lipinski definition) is 4. The second kappa shape index (κ2) is 6.79. The number of sulfone groups is 1. The van der Waals surface area contributed by atoms with Crippen molar-refractivity contribution in [2.75, 3.05) is 20.1 Å². The maximum absolute atomic E-state index is 12.4. The minimum absolute atomic E-state index is 0.0250. The van der Waals surface area contributed by atoms with E-state index in [0.717, 1.165) is 25.9 Å². The van der Waals surface area contributed by atoms with Crippen LogP contribution in [0.3, 0.4) is 0 Å². The van der Waals surface area contributed by atoms with Gasteiger partial charge in [0.15, 0.2) is 9.84 Å². The normalized spacial score (nSPS) is 17.0. The Labute approximate surface area is 132 Å². The minimum Gasteiger partial charge on any atom is -0.339 e. The van der Waals surface area contributed by atoms with Gasteiger partial charge in [0.05, 0.1) is 10.1 Å². The Morgan fingerprint density at radius 2 is 1.73 bits per heavy atom. The highest BCUT2D eigenvalue weighted by Gasteiger charge is 2.24. The maximum Gasteiger partial charge on any atom is 0.253 e. The maximum atomic E-state index is 12.4. The molecule has 5 nitrogen and oxygen atoms in total. The minimum atomic E-state index is -3.29.